The number of anilines is 1. The quantitative estimate of drug-likeness (QED) is 0.467. The number of esters is 1. The summed E-state index contributed by atoms with van der Waals surface area (Å²) in [6, 6.07) is 11.0. The summed E-state index contributed by atoms with van der Waals surface area (Å²) in [6.45, 7) is 1.26. The van der Waals surface area contributed by atoms with E-state index >= 15 is 0 Å². The lowest BCUT2D eigenvalue weighted by molar-refractivity contribution is -0.148. The summed E-state index contributed by atoms with van der Waals surface area (Å²) in [6.07, 6.45) is -0.0335. The second-order valence-electron chi connectivity index (χ2n) is 5.61. The maximum absolute atomic E-state index is 13.6. The van der Waals surface area contributed by atoms with Crippen molar-refractivity contribution >= 4 is 23.6 Å². The zero-order valence-corrected chi connectivity index (χ0v) is 15.0. The molecule has 0 spiro atoms. The lowest BCUT2D eigenvalue weighted by Gasteiger charge is -2.13. The number of rotatable bonds is 6. The molecule has 0 unspecified atom stereocenters. The predicted octanol–water partition coefficient (Wildman–Crippen LogP) is 3.45. The number of amides is 1. The van der Waals surface area contributed by atoms with Crippen LogP contribution in [0.25, 0.3) is 6.08 Å². The van der Waals surface area contributed by atoms with Gasteiger partial charge in [0.05, 0.1) is 12.8 Å². The van der Waals surface area contributed by atoms with E-state index in [-0.39, 0.29) is 11.3 Å². The zero-order valence-electron chi connectivity index (χ0n) is 15.0. The Morgan fingerprint density at radius 3 is 2.61 bits per heavy atom. The molecule has 0 fully saturated rings. The molecule has 0 radical (unpaired) electrons. The van der Waals surface area contributed by atoms with Crippen LogP contribution in [0.5, 0.6) is 5.75 Å². The Kier molecular flexibility index (Phi) is 6.82. The summed E-state index contributed by atoms with van der Waals surface area (Å²) in [5.41, 5.74) is -0.0686. The number of methoxy groups -OCH3 is 1. The Balaban J connectivity index is 2.07. The van der Waals surface area contributed by atoms with Gasteiger partial charge in [-0.3, -0.25) is 4.79 Å². The second-order valence-corrected chi connectivity index (χ2v) is 5.61. The van der Waals surface area contributed by atoms with Gasteiger partial charge in [-0.2, -0.15) is 5.26 Å². The normalized spacial score (nSPS) is 11.9. The van der Waals surface area contributed by atoms with E-state index < -0.39 is 29.6 Å². The van der Waals surface area contributed by atoms with E-state index in [1.165, 1.54) is 20.1 Å². The van der Waals surface area contributed by atoms with Gasteiger partial charge in [-0.1, -0.05) is 12.1 Å². The minimum Gasteiger partial charge on any atom is -0.497 e. The van der Waals surface area contributed by atoms with E-state index in [1.807, 2.05) is 0 Å². The molecule has 6 nitrogen and oxygen atoms in total. The van der Waals surface area contributed by atoms with E-state index in [1.54, 1.807) is 30.3 Å². The second kappa shape index (κ2) is 9.28. The third kappa shape index (κ3) is 5.38. The third-order valence-electron chi connectivity index (χ3n) is 3.59. The van der Waals surface area contributed by atoms with Crippen LogP contribution in [-0.2, 0) is 14.3 Å². The molecule has 144 valence electrons. The van der Waals surface area contributed by atoms with Gasteiger partial charge in [-0.25, -0.2) is 13.6 Å². The van der Waals surface area contributed by atoms with Crippen molar-refractivity contribution in [3.8, 4) is 11.8 Å². The van der Waals surface area contributed by atoms with Gasteiger partial charge in [-0.05, 0) is 42.8 Å². The van der Waals surface area contributed by atoms with Crippen molar-refractivity contribution in [2.45, 2.75) is 13.0 Å². The first-order valence-corrected chi connectivity index (χ1v) is 8.06. The van der Waals surface area contributed by atoms with Crippen molar-refractivity contribution in [3.63, 3.8) is 0 Å². The number of carbonyl (C=O) groups is 2. The van der Waals surface area contributed by atoms with Gasteiger partial charge in [0.25, 0.3) is 5.91 Å². The SMILES string of the molecule is COc1cccc(/C=C(\C#N)C(=O)O[C@@H](C)C(=O)Nc2ccc(F)cc2F)c1. The molecule has 0 saturated heterocycles. The maximum atomic E-state index is 13.6. The van der Waals surface area contributed by atoms with Gasteiger partial charge in [0.1, 0.15) is 29.0 Å². The molecule has 2 rings (SSSR count). The van der Waals surface area contributed by atoms with Crippen molar-refractivity contribution in [1.29, 1.82) is 5.26 Å². The summed E-state index contributed by atoms with van der Waals surface area (Å²) in [5, 5.41) is 11.4. The van der Waals surface area contributed by atoms with Crippen LogP contribution >= 0.6 is 0 Å². The molecule has 8 heteroatoms. The molecule has 1 amide bonds. The Bertz CT molecular complexity index is 967. The van der Waals surface area contributed by atoms with Crippen LogP contribution in [0.15, 0.2) is 48.0 Å². The fraction of sp³-hybridized carbons (Fsp3) is 0.150. The standard InChI is InChI=1S/C20H16F2N2O4/c1-12(19(25)24-18-7-6-15(21)10-17(18)22)28-20(26)14(11-23)8-13-4-3-5-16(9-13)27-2/h3-10,12H,1-2H3,(H,24,25)/b14-8+/t12-/m0/s1. The molecule has 0 heterocycles. The van der Waals surface area contributed by atoms with Gasteiger partial charge in [0.15, 0.2) is 6.10 Å². The van der Waals surface area contributed by atoms with E-state index in [4.69, 9.17) is 9.47 Å². The van der Waals surface area contributed by atoms with Crippen LogP contribution in [0.1, 0.15) is 12.5 Å². The van der Waals surface area contributed by atoms with Crippen molar-refractivity contribution in [2.75, 3.05) is 12.4 Å². The number of benzene rings is 2. The topological polar surface area (TPSA) is 88.4 Å². The molecular weight excluding hydrogens is 370 g/mol. The molecule has 2 aromatic rings. The highest BCUT2D eigenvalue weighted by molar-refractivity contribution is 6.01. The Labute approximate surface area is 160 Å². The number of nitriles is 1. The summed E-state index contributed by atoms with van der Waals surface area (Å²) < 4.78 is 36.5. The molecule has 28 heavy (non-hydrogen) atoms. The average Bonchev–Trinajstić information content (AvgIpc) is 2.68. The molecule has 1 N–H and O–H groups in total. The van der Waals surface area contributed by atoms with E-state index in [0.717, 1.165) is 12.1 Å². The van der Waals surface area contributed by atoms with Gasteiger partial charge in [-0.15, -0.1) is 0 Å². The van der Waals surface area contributed by atoms with E-state index in [9.17, 15) is 23.6 Å². The van der Waals surface area contributed by atoms with Crippen molar-refractivity contribution < 1.29 is 27.8 Å². The Morgan fingerprint density at radius 1 is 1.21 bits per heavy atom. The minimum atomic E-state index is -1.32. The number of nitrogens with one attached hydrogen (secondary N) is 1. The van der Waals surface area contributed by atoms with Crippen molar-refractivity contribution in [2.24, 2.45) is 0 Å². The van der Waals surface area contributed by atoms with Gasteiger partial charge in [0.2, 0.25) is 0 Å². The highest BCUT2D eigenvalue weighted by atomic mass is 19.1. The van der Waals surface area contributed by atoms with E-state index in [0.29, 0.717) is 17.4 Å². The lowest BCUT2D eigenvalue weighted by Crippen LogP contribution is -2.30. The van der Waals surface area contributed by atoms with Crippen LogP contribution in [-0.4, -0.2) is 25.1 Å². The molecule has 1 atom stereocenters. The molecular formula is C20H16F2N2O4. The molecule has 0 aromatic heterocycles. The molecule has 0 saturated carbocycles. The predicted molar refractivity (Wildman–Crippen MR) is 97.1 cm³/mol. The minimum absolute atomic E-state index is 0.262. The molecule has 2 aromatic carbocycles. The number of halogens is 2. The number of hydrogen-bond acceptors (Lipinski definition) is 5. The van der Waals surface area contributed by atoms with Crippen molar-refractivity contribution in [3.05, 3.63) is 65.2 Å². The Hall–Kier alpha value is -3.73. The molecule has 0 aliphatic rings. The monoisotopic (exact) mass is 386 g/mol. The highest BCUT2D eigenvalue weighted by Gasteiger charge is 2.21. The molecule has 0 bridgehead atoms. The van der Waals surface area contributed by atoms with Crippen LogP contribution in [0, 0.1) is 23.0 Å². The van der Waals surface area contributed by atoms with Crippen LogP contribution in [0.2, 0.25) is 0 Å². The number of carbonyl (C=O) groups excluding carboxylic acids is 2. The third-order valence-corrected chi connectivity index (χ3v) is 3.59. The lowest BCUT2D eigenvalue weighted by atomic mass is 10.1. The summed E-state index contributed by atoms with van der Waals surface area (Å²) in [5.74, 6) is -3.09. The first-order chi connectivity index (χ1) is 13.3. The summed E-state index contributed by atoms with van der Waals surface area (Å²) >= 11 is 0. The average molecular weight is 386 g/mol. The van der Waals surface area contributed by atoms with Crippen molar-refractivity contribution in [1.82, 2.24) is 0 Å². The fourth-order valence-electron chi connectivity index (χ4n) is 2.14. The van der Waals surface area contributed by atoms with Crippen LogP contribution in [0.4, 0.5) is 14.5 Å². The number of ether oxygens (including phenoxy) is 2. The van der Waals surface area contributed by atoms with Crippen LogP contribution in [0.3, 0.4) is 0 Å². The number of nitrogens with zero attached hydrogens (tertiary/aromatic N) is 1. The van der Waals surface area contributed by atoms with Gasteiger partial charge in [0, 0.05) is 6.07 Å². The first-order valence-electron chi connectivity index (χ1n) is 8.06. The number of hydrogen-bond donors (Lipinski definition) is 1. The Morgan fingerprint density at radius 2 is 1.96 bits per heavy atom. The van der Waals surface area contributed by atoms with Crippen LogP contribution < -0.4 is 10.1 Å². The maximum Gasteiger partial charge on any atom is 0.349 e. The first kappa shape index (κ1) is 20.6. The smallest absolute Gasteiger partial charge is 0.349 e. The van der Waals surface area contributed by atoms with Gasteiger partial charge >= 0.3 is 5.97 Å². The molecule has 0 aliphatic heterocycles. The fourth-order valence-corrected chi connectivity index (χ4v) is 2.14. The largest absolute Gasteiger partial charge is 0.497 e. The van der Waals surface area contributed by atoms with Gasteiger partial charge < -0.3 is 14.8 Å². The zero-order chi connectivity index (χ0) is 20.7. The summed E-state index contributed by atoms with van der Waals surface area (Å²) in [7, 11) is 1.48. The molecule has 0 aliphatic carbocycles. The highest BCUT2D eigenvalue weighted by Crippen LogP contribution is 2.17. The van der Waals surface area contributed by atoms with E-state index in [2.05, 4.69) is 5.32 Å². The summed E-state index contributed by atoms with van der Waals surface area (Å²) in [4.78, 5) is 24.2.